The van der Waals surface area contributed by atoms with Gasteiger partial charge in [0.2, 0.25) is 5.95 Å². The molecule has 0 unspecified atom stereocenters. The van der Waals surface area contributed by atoms with Gasteiger partial charge in [-0.1, -0.05) is 203 Å². The second kappa shape index (κ2) is 34.4. The number of halogens is 4. The van der Waals surface area contributed by atoms with Crippen molar-refractivity contribution < 1.29 is 0 Å². The van der Waals surface area contributed by atoms with Crippen LogP contribution in [0.1, 0.15) is 0 Å². The van der Waals surface area contributed by atoms with Gasteiger partial charge in [0, 0.05) is 150 Å². The fraction of sp³-hybridized carbons (Fsp3) is 0. The van der Waals surface area contributed by atoms with Gasteiger partial charge in [-0.3, -0.25) is 38.6 Å². The van der Waals surface area contributed by atoms with Crippen LogP contribution in [0.15, 0.2) is 426 Å². The third-order valence-corrected chi connectivity index (χ3v) is 24.3. The Morgan fingerprint density at radius 2 is 0.571 bits per heavy atom. The summed E-state index contributed by atoms with van der Waals surface area (Å²) in [6.45, 7) is 0. The Labute approximate surface area is 756 Å². The van der Waals surface area contributed by atoms with Gasteiger partial charge in [0.1, 0.15) is 16.9 Å². The van der Waals surface area contributed by atoms with Gasteiger partial charge in [0.25, 0.3) is 0 Å². The molecule has 0 N–H and O–H groups in total. The van der Waals surface area contributed by atoms with E-state index >= 15 is 0 Å². The summed E-state index contributed by atoms with van der Waals surface area (Å²) >= 11 is 14.5. The number of nitrogens with zero attached hydrogens (tertiary/aromatic N) is 15. The van der Waals surface area contributed by atoms with Crippen molar-refractivity contribution >= 4 is 162 Å². The highest BCUT2D eigenvalue weighted by molar-refractivity contribution is 9.11. The molecule has 126 heavy (non-hydrogen) atoms. The molecule has 0 bridgehead atoms. The summed E-state index contributed by atoms with van der Waals surface area (Å²) in [6.07, 6.45) is 16.5. The van der Waals surface area contributed by atoms with Crippen molar-refractivity contribution in [2.45, 2.75) is 0 Å². The molecule has 598 valence electrons. The van der Waals surface area contributed by atoms with Crippen molar-refractivity contribution in [1.29, 1.82) is 0 Å². The minimum absolute atomic E-state index is 0.615. The average Bonchev–Trinajstić information content (AvgIpc) is 1.59. The lowest BCUT2D eigenvalue weighted by molar-refractivity contribution is 0.997. The summed E-state index contributed by atoms with van der Waals surface area (Å²) in [7, 11) is 0. The number of benzene rings is 10. The van der Waals surface area contributed by atoms with Crippen molar-refractivity contribution in [3.63, 3.8) is 0 Å². The van der Waals surface area contributed by atoms with Gasteiger partial charge in [0.05, 0.1) is 79.2 Å². The first-order valence-electron chi connectivity index (χ1n) is 40.7. The summed E-state index contributed by atoms with van der Waals surface area (Å²) in [5, 5.41) is 10.3. The zero-order chi connectivity index (χ0) is 84.6. The highest BCUT2D eigenvalue weighted by Crippen LogP contribution is 2.41. The summed E-state index contributed by atoms with van der Waals surface area (Å²) in [5.74, 6) is 0.615. The van der Waals surface area contributed by atoms with Crippen LogP contribution in [-0.2, 0) is 0 Å². The van der Waals surface area contributed by atoms with E-state index in [0.717, 1.165) is 185 Å². The minimum atomic E-state index is 0.615. The van der Waals surface area contributed by atoms with E-state index in [9.17, 15) is 0 Å². The summed E-state index contributed by atoms with van der Waals surface area (Å²) < 4.78 is 12.9. The number of fused-ring (bicyclic) bond motifs is 13. The van der Waals surface area contributed by atoms with Crippen LogP contribution >= 0.6 is 63.7 Å². The van der Waals surface area contributed by atoms with Crippen LogP contribution in [0.4, 0.5) is 0 Å². The van der Waals surface area contributed by atoms with E-state index in [1.54, 1.807) is 12.4 Å². The van der Waals surface area contributed by atoms with Crippen molar-refractivity contribution in [3.05, 3.63) is 426 Å². The predicted molar refractivity (Wildman–Crippen MR) is 525 cm³/mol. The lowest BCUT2D eigenvalue weighted by Crippen LogP contribution is -2.04. The SMILES string of the molecule is Brc1ccc2c3cccnc3n(-c3ccc(-c4cc(-c5ccccn5)cc(-c5ccccn5)c4)cc3)c2c1.Brc1ccc2c3cccnc3n(-c3ccc(-c4cc(-c5ccccn5)nc(-c5ccccn5)c4)cc3)c2c1.Brc1ccc2c3cccnc3n(-c3nc(-c4ccccc4)c4ccccc4n3)c2c1.Brc1ccc2c3ccncc3n(-c3ccccc3)c2c1. The molecule has 24 rings (SSSR count). The highest BCUT2D eigenvalue weighted by Gasteiger charge is 2.22. The van der Waals surface area contributed by atoms with Crippen molar-refractivity contribution in [2.75, 3.05) is 0 Å². The third kappa shape index (κ3) is 15.3. The van der Waals surface area contributed by atoms with E-state index < -0.39 is 0 Å². The van der Waals surface area contributed by atoms with Crippen LogP contribution in [0, 0.1) is 0 Å². The first-order valence-corrected chi connectivity index (χ1v) is 43.9. The standard InChI is InChI=1S/C33H21BrN4.C32H20BrN5.C25H15BrN4.C17H11BrN2/c34-26-11-14-28-29-6-5-17-37-33(29)38(32(28)21-26)27-12-9-22(10-13-27)23-18-24(30-7-1-3-15-35-30)20-25(19-23)31-8-2-4-16-36-31;33-23-11-14-25-26-6-5-17-36-32(26)38(31(25)20-23)24-12-9-21(10-13-24)22-18-29(27-7-1-3-15-34-27)37-30(19-22)28-8-2-4-16-35-28;26-17-12-13-18-19-10-6-14-27-24(19)30(22(18)15-17)25-28-21-11-5-4-9-20(21)23(29-25)16-7-2-1-3-8-16;18-12-6-7-14-15-8-9-19-11-17(15)20(16(14)10-12)13-4-2-1-3-5-13/h1-21H;1-20H;1-15H;1-11H. The molecule has 0 aliphatic carbocycles. The van der Waals surface area contributed by atoms with E-state index in [1.807, 2.05) is 181 Å². The first-order chi connectivity index (χ1) is 62.1. The molecule has 10 aromatic carbocycles. The lowest BCUT2D eigenvalue weighted by Gasteiger charge is -2.12. The van der Waals surface area contributed by atoms with Gasteiger partial charge in [-0.05, 0) is 235 Å². The molecule has 0 aliphatic heterocycles. The Kier molecular flexibility index (Phi) is 21.4. The average molecular weight is 1880 g/mol. The second-order valence-corrected chi connectivity index (χ2v) is 33.6. The van der Waals surface area contributed by atoms with Crippen molar-refractivity contribution in [3.8, 4) is 102 Å². The van der Waals surface area contributed by atoms with Gasteiger partial charge < -0.3 is 4.57 Å². The fourth-order valence-electron chi connectivity index (χ4n) is 16.6. The smallest absolute Gasteiger partial charge is 0.237 e. The minimum Gasteiger partial charge on any atom is -0.308 e. The van der Waals surface area contributed by atoms with Gasteiger partial charge in [-0.25, -0.2) is 29.9 Å². The zero-order valence-corrected chi connectivity index (χ0v) is 73.2. The Bertz CT molecular complexity index is 7780. The number of pyridine rings is 9. The fourth-order valence-corrected chi connectivity index (χ4v) is 18.0. The number of rotatable bonds is 11. The molecular formula is C107H67Br4N15. The maximum absolute atomic E-state index is 5.04. The molecule has 14 heterocycles. The molecule has 24 aromatic rings. The summed E-state index contributed by atoms with van der Waals surface area (Å²) in [4.78, 5) is 51.5. The van der Waals surface area contributed by atoms with E-state index in [2.05, 4.69) is 326 Å². The molecule has 0 radical (unpaired) electrons. The summed E-state index contributed by atoms with van der Waals surface area (Å²) in [6, 6.07) is 120. The topological polar surface area (TPSA) is 162 Å². The molecule has 0 spiro atoms. The molecule has 0 aliphatic rings. The second-order valence-electron chi connectivity index (χ2n) is 30.0. The van der Waals surface area contributed by atoms with E-state index in [0.29, 0.717) is 5.95 Å². The van der Waals surface area contributed by atoms with Gasteiger partial charge in [-0.15, -0.1) is 0 Å². The van der Waals surface area contributed by atoms with Crippen LogP contribution in [0.25, 0.3) is 200 Å². The maximum Gasteiger partial charge on any atom is 0.237 e. The molecule has 14 aromatic heterocycles. The Balaban J connectivity index is 0.000000105. The molecule has 0 saturated heterocycles. The maximum atomic E-state index is 5.04. The molecule has 15 nitrogen and oxygen atoms in total. The van der Waals surface area contributed by atoms with Crippen LogP contribution < -0.4 is 0 Å². The monoisotopic (exact) mass is 1880 g/mol. The number of hydrogen-bond donors (Lipinski definition) is 0. The molecule has 0 saturated carbocycles. The van der Waals surface area contributed by atoms with Crippen LogP contribution in [0.2, 0.25) is 0 Å². The third-order valence-electron chi connectivity index (χ3n) is 22.3. The van der Waals surface area contributed by atoms with Crippen LogP contribution in [-0.4, -0.2) is 73.1 Å². The highest BCUT2D eigenvalue weighted by atomic mass is 79.9. The predicted octanol–water partition coefficient (Wildman–Crippen LogP) is 28.4. The van der Waals surface area contributed by atoms with E-state index in [4.69, 9.17) is 24.9 Å². The summed E-state index contributed by atoms with van der Waals surface area (Å²) in [5.41, 5.74) is 26.1. The number of aromatic nitrogens is 15. The van der Waals surface area contributed by atoms with Gasteiger partial charge in [0.15, 0.2) is 0 Å². The Hall–Kier alpha value is -15.0. The Morgan fingerprint density at radius 3 is 1.05 bits per heavy atom. The molecule has 0 atom stereocenters. The Morgan fingerprint density at radius 1 is 0.198 bits per heavy atom. The quantitative estimate of drug-likeness (QED) is 0.121. The van der Waals surface area contributed by atoms with E-state index in [1.165, 1.54) is 27.1 Å². The molecular weight excluding hydrogens is 1810 g/mol. The number of para-hydroxylation sites is 2. The first kappa shape index (κ1) is 78.3. The molecule has 19 heteroatoms. The van der Waals surface area contributed by atoms with Crippen molar-refractivity contribution in [2.24, 2.45) is 0 Å². The van der Waals surface area contributed by atoms with Crippen molar-refractivity contribution in [1.82, 2.24) is 73.1 Å². The van der Waals surface area contributed by atoms with Crippen LogP contribution in [0.5, 0.6) is 0 Å². The van der Waals surface area contributed by atoms with Gasteiger partial charge >= 0.3 is 0 Å². The zero-order valence-electron chi connectivity index (χ0n) is 66.9. The van der Waals surface area contributed by atoms with Crippen LogP contribution in [0.3, 0.4) is 0 Å². The largest absolute Gasteiger partial charge is 0.308 e. The lowest BCUT2D eigenvalue weighted by atomic mass is 9.96. The molecule has 0 fully saturated rings. The molecule has 0 amide bonds. The van der Waals surface area contributed by atoms with E-state index in [-0.39, 0.29) is 0 Å². The number of hydrogen-bond acceptors (Lipinski definition) is 11. The van der Waals surface area contributed by atoms with Gasteiger partial charge in [-0.2, -0.15) is 0 Å². The normalized spacial score (nSPS) is 11.3.